The number of alkyl halides is 3. The van der Waals surface area contributed by atoms with Crippen LogP contribution >= 0.6 is 11.3 Å². The molecule has 120 valence electrons. The summed E-state index contributed by atoms with van der Waals surface area (Å²) in [6.07, 6.45) is -4.45. The normalized spacial score (nSPS) is 12.0. The molecule has 0 fully saturated rings. The number of rotatable bonds is 4. The van der Waals surface area contributed by atoms with Gasteiger partial charge in [0.2, 0.25) is 0 Å². The van der Waals surface area contributed by atoms with Crippen molar-refractivity contribution in [1.29, 1.82) is 0 Å². The van der Waals surface area contributed by atoms with E-state index in [0.717, 1.165) is 21.0 Å². The van der Waals surface area contributed by atoms with Gasteiger partial charge in [-0.3, -0.25) is 10.1 Å². The number of hydrogen-bond donors (Lipinski definition) is 1. The molecule has 2 aromatic carbocycles. The van der Waals surface area contributed by atoms with E-state index in [9.17, 15) is 18.0 Å². The number of nitrogens with one attached hydrogen (secondary N) is 1. The molecule has 0 unspecified atom stereocenters. The molecule has 0 radical (unpaired) electrons. The third-order valence-electron chi connectivity index (χ3n) is 3.03. The average molecular weight is 340 g/mol. The minimum absolute atomic E-state index is 0.331. The van der Waals surface area contributed by atoms with Gasteiger partial charge in [-0.25, -0.2) is 4.98 Å². The Hall–Kier alpha value is -2.19. The van der Waals surface area contributed by atoms with E-state index in [0.29, 0.717) is 5.13 Å². The van der Waals surface area contributed by atoms with Crippen LogP contribution in [0.15, 0.2) is 36.4 Å². The van der Waals surface area contributed by atoms with Crippen molar-refractivity contribution in [3.05, 3.63) is 36.4 Å². The molecule has 0 saturated carbocycles. The number of carbonyl (C=O) groups excluding carboxylic acids is 1. The third kappa shape index (κ3) is 3.77. The lowest BCUT2D eigenvalue weighted by Crippen LogP contribution is -2.23. The Kier molecular flexibility index (Phi) is 4.18. The molecule has 3 rings (SSSR count). The molecule has 0 aliphatic heterocycles. The molecule has 3 aromatic rings. The summed E-state index contributed by atoms with van der Waals surface area (Å²) in [5.41, 5.74) is 0.750. The largest absolute Gasteiger partial charge is 0.411 e. The van der Waals surface area contributed by atoms with Crippen LogP contribution in [-0.2, 0) is 9.53 Å². The number of benzene rings is 2. The first-order chi connectivity index (χ1) is 10.9. The molecule has 1 amide bonds. The maximum absolute atomic E-state index is 12.0. The molecule has 8 heteroatoms. The molecule has 0 atom stereocenters. The monoisotopic (exact) mass is 340 g/mol. The molecular weight excluding hydrogens is 329 g/mol. The van der Waals surface area contributed by atoms with Crippen LogP contribution in [0.25, 0.3) is 21.0 Å². The minimum atomic E-state index is -4.45. The number of halogens is 3. The van der Waals surface area contributed by atoms with Gasteiger partial charge < -0.3 is 4.74 Å². The van der Waals surface area contributed by atoms with Gasteiger partial charge in [0.1, 0.15) is 13.2 Å². The van der Waals surface area contributed by atoms with Gasteiger partial charge in [-0.05, 0) is 11.5 Å². The summed E-state index contributed by atoms with van der Waals surface area (Å²) in [4.78, 5) is 15.9. The van der Waals surface area contributed by atoms with Crippen LogP contribution < -0.4 is 5.32 Å². The highest BCUT2D eigenvalue weighted by Crippen LogP contribution is 2.31. The molecule has 4 nitrogen and oxygen atoms in total. The SMILES string of the molecule is O=C(COCC(F)(F)F)Nc1nc2c(ccc3ccccc32)s1. The molecular formula is C15H11F3N2O2S. The lowest BCUT2D eigenvalue weighted by atomic mass is 10.1. The van der Waals surface area contributed by atoms with Crippen molar-refractivity contribution in [3.63, 3.8) is 0 Å². The highest BCUT2D eigenvalue weighted by molar-refractivity contribution is 7.22. The van der Waals surface area contributed by atoms with Crippen molar-refractivity contribution in [3.8, 4) is 0 Å². The van der Waals surface area contributed by atoms with Crippen molar-refractivity contribution in [1.82, 2.24) is 4.98 Å². The number of hydrogen-bond acceptors (Lipinski definition) is 4. The lowest BCUT2D eigenvalue weighted by Gasteiger charge is -2.06. The van der Waals surface area contributed by atoms with Gasteiger partial charge in [0.05, 0.1) is 10.2 Å². The first-order valence-corrected chi connectivity index (χ1v) is 7.47. The number of aromatic nitrogens is 1. The van der Waals surface area contributed by atoms with E-state index >= 15 is 0 Å². The molecule has 1 N–H and O–H groups in total. The number of anilines is 1. The number of ether oxygens (including phenoxy) is 1. The van der Waals surface area contributed by atoms with Gasteiger partial charge in [0.25, 0.3) is 5.91 Å². The van der Waals surface area contributed by atoms with E-state index in [1.807, 2.05) is 36.4 Å². The van der Waals surface area contributed by atoms with Crippen molar-refractivity contribution in [2.75, 3.05) is 18.5 Å². The zero-order chi connectivity index (χ0) is 16.4. The number of nitrogens with zero attached hydrogens (tertiary/aromatic N) is 1. The van der Waals surface area contributed by atoms with Crippen LogP contribution in [0.3, 0.4) is 0 Å². The first kappa shape index (κ1) is 15.7. The van der Waals surface area contributed by atoms with Gasteiger partial charge in [-0.1, -0.05) is 41.7 Å². The topological polar surface area (TPSA) is 51.2 Å². The van der Waals surface area contributed by atoms with Crippen molar-refractivity contribution >= 4 is 43.4 Å². The number of carbonyl (C=O) groups is 1. The summed E-state index contributed by atoms with van der Waals surface area (Å²) in [5.74, 6) is -0.669. The van der Waals surface area contributed by atoms with Gasteiger partial charge in [0, 0.05) is 5.39 Å². The second-order valence-electron chi connectivity index (χ2n) is 4.81. The van der Waals surface area contributed by atoms with Crippen molar-refractivity contribution in [2.45, 2.75) is 6.18 Å². The summed E-state index contributed by atoms with van der Waals surface area (Å²) >= 11 is 1.26. The highest BCUT2D eigenvalue weighted by Gasteiger charge is 2.27. The second kappa shape index (κ2) is 6.13. The average Bonchev–Trinajstić information content (AvgIpc) is 2.88. The third-order valence-corrected chi connectivity index (χ3v) is 3.96. The van der Waals surface area contributed by atoms with E-state index in [4.69, 9.17) is 0 Å². The quantitative estimate of drug-likeness (QED) is 0.782. The minimum Gasteiger partial charge on any atom is -0.362 e. The highest BCUT2D eigenvalue weighted by atomic mass is 32.1. The molecule has 0 bridgehead atoms. The standard InChI is InChI=1S/C15H11F3N2O2S/c16-15(17,18)8-22-7-12(21)19-14-20-13-10-4-2-1-3-9(10)5-6-11(13)23-14/h1-6H,7-8H2,(H,19,20,21). The van der Waals surface area contributed by atoms with E-state index in [2.05, 4.69) is 15.0 Å². The molecule has 23 heavy (non-hydrogen) atoms. The van der Waals surface area contributed by atoms with E-state index in [-0.39, 0.29) is 0 Å². The molecule has 0 aliphatic rings. The fourth-order valence-electron chi connectivity index (χ4n) is 2.13. The smallest absolute Gasteiger partial charge is 0.362 e. The molecule has 0 saturated heterocycles. The van der Waals surface area contributed by atoms with Crippen LogP contribution in [-0.4, -0.2) is 30.3 Å². The Morgan fingerprint density at radius 2 is 2.00 bits per heavy atom. The zero-order valence-corrected chi connectivity index (χ0v) is 12.5. The Morgan fingerprint density at radius 1 is 1.22 bits per heavy atom. The van der Waals surface area contributed by atoms with Gasteiger partial charge in [-0.2, -0.15) is 13.2 Å². The molecule has 1 aromatic heterocycles. The van der Waals surface area contributed by atoms with Crippen molar-refractivity contribution in [2.24, 2.45) is 0 Å². The van der Waals surface area contributed by atoms with E-state index in [1.54, 1.807) is 0 Å². The maximum Gasteiger partial charge on any atom is 0.411 e. The fourth-order valence-corrected chi connectivity index (χ4v) is 3.03. The van der Waals surface area contributed by atoms with Crippen LogP contribution in [0.5, 0.6) is 0 Å². The second-order valence-corrected chi connectivity index (χ2v) is 5.84. The van der Waals surface area contributed by atoms with Crippen LogP contribution in [0.1, 0.15) is 0 Å². The molecule has 0 aliphatic carbocycles. The van der Waals surface area contributed by atoms with Gasteiger partial charge in [-0.15, -0.1) is 0 Å². The number of amides is 1. The van der Waals surface area contributed by atoms with Crippen molar-refractivity contribution < 1.29 is 22.7 Å². The fraction of sp³-hybridized carbons (Fsp3) is 0.200. The Labute approximate surface area is 132 Å². The maximum atomic E-state index is 12.0. The van der Waals surface area contributed by atoms with Crippen LogP contribution in [0.4, 0.5) is 18.3 Å². The van der Waals surface area contributed by atoms with Gasteiger partial charge >= 0.3 is 6.18 Å². The molecule has 1 heterocycles. The van der Waals surface area contributed by atoms with Crippen LogP contribution in [0.2, 0.25) is 0 Å². The lowest BCUT2D eigenvalue weighted by molar-refractivity contribution is -0.174. The zero-order valence-electron chi connectivity index (χ0n) is 11.7. The summed E-state index contributed by atoms with van der Waals surface area (Å²) in [7, 11) is 0. The summed E-state index contributed by atoms with van der Waals surface area (Å²) in [6.45, 7) is -2.12. The Morgan fingerprint density at radius 3 is 2.78 bits per heavy atom. The van der Waals surface area contributed by atoms with E-state index < -0.39 is 25.3 Å². The summed E-state index contributed by atoms with van der Waals surface area (Å²) in [5, 5.41) is 4.77. The number of thiazole rings is 1. The molecule has 0 spiro atoms. The Balaban J connectivity index is 1.73. The first-order valence-electron chi connectivity index (χ1n) is 6.65. The predicted molar refractivity (Wildman–Crippen MR) is 82.6 cm³/mol. The summed E-state index contributed by atoms with van der Waals surface area (Å²) < 4.78 is 41.1. The number of fused-ring (bicyclic) bond motifs is 3. The Bertz CT molecular complexity index is 861. The van der Waals surface area contributed by atoms with Crippen LogP contribution in [0, 0.1) is 0 Å². The predicted octanol–water partition coefficient (Wildman–Crippen LogP) is 3.97. The van der Waals surface area contributed by atoms with E-state index in [1.165, 1.54) is 11.3 Å². The summed E-state index contributed by atoms with van der Waals surface area (Å²) in [6, 6.07) is 11.5. The van der Waals surface area contributed by atoms with Gasteiger partial charge in [0.15, 0.2) is 5.13 Å².